The van der Waals surface area contributed by atoms with E-state index < -0.39 is 48.1 Å². The van der Waals surface area contributed by atoms with E-state index in [1.165, 1.54) is 28.4 Å². The molecule has 0 saturated carbocycles. The van der Waals surface area contributed by atoms with Crippen LogP contribution in [0.2, 0.25) is 0 Å². The molecule has 4 N–H and O–H groups in total. The molecule has 46 heavy (non-hydrogen) atoms. The molecule has 0 unspecified atom stereocenters. The van der Waals surface area contributed by atoms with Gasteiger partial charge in [-0.15, -0.1) is 11.3 Å². The minimum absolute atomic E-state index is 0.125. The summed E-state index contributed by atoms with van der Waals surface area (Å²) in [6.45, 7) is 5.69. The van der Waals surface area contributed by atoms with Crippen LogP contribution in [0.15, 0.2) is 60.8 Å². The van der Waals surface area contributed by atoms with E-state index in [9.17, 15) is 27.7 Å². The van der Waals surface area contributed by atoms with Crippen LogP contribution < -0.4 is 10.6 Å². The molecule has 4 aromatic rings. The standard InChI is InChI=1S/C31H33F2N4O6PS2/c1-30(2,3)25(35-27(39)23-16-19-15-20(12-13-22(19)45-23)31(32,33)44(41,42)43)28(40)37-14-8-7-11-21(37)26(38)36-29-34-17-24(46-29)18-9-5-4-6-10-18/h4-6,9-10,12-13,15-17,21,25H,7-8,11,14H2,1-3H3,(H,35,39)(H,34,36,38)(H2,41,42,43)/t21-,25+/m0/s1. The number of alkyl halides is 2. The van der Waals surface area contributed by atoms with Gasteiger partial charge in [0, 0.05) is 23.0 Å². The van der Waals surface area contributed by atoms with Crippen LogP contribution >= 0.6 is 30.3 Å². The summed E-state index contributed by atoms with van der Waals surface area (Å²) in [5.74, 6) is -1.41. The first-order valence-corrected chi connectivity index (χ1v) is 17.7. The molecular weight excluding hydrogens is 657 g/mol. The molecule has 0 radical (unpaired) electrons. The predicted octanol–water partition coefficient (Wildman–Crippen LogP) is 6.42. The Bertz CT molecular complexity index is 1820. The number of thiazole rings is 1. The number of carbonyl (C=O) groups excluding carboxylic acids is 3. The van der Waals surface area contributed by atoms with Gasteiger partial charge in [0.1, 0.15) is 12.1 Å². The quantitative estimate of drug-likeness (QED) is 0.156. The first-order valence-electron chi connectivity index (χ1n) is 14.5. The molecule has 1 saturated heterocycles. The highest BCUT2D eigenvalue weighted by molar-refractivity contribution is 7.52. The highest BCUT2D eigenvalue weighted by atomic mass is 32.1. The summed E-state index contributed by atoms with van der Waals surface area (Å²) in [6, 6.07) is 12.3. The molecule has 1 fully saturated rings. The molecule has 1 aliphatic heterocycles. The van der Waals surface area contributed by atoms with Crippen molar-refractivity contribution in [1.82, 2.24) is 15.2 Å². The van der Waals surface area contributed by atoms with Crippen molar-refractivity contribution in [3.05, 3.63) is 71.2 Å². The maximum atomic E-state index is 14.3. The van der Waals surface area contributed by atoms with Crippen LogP contribution in [0.1, 0.15) is 55.3 Å². The Hall–Kier alpha value is -3.55. The molecule has 3 amide bonds. The van der Waals surface area contributed by atoms with Crippen LogP contribution in [0.5, 0.6) is 0 Å². The number of carbonyl (C=O) groups is 3. The summed E-state index contributed by atoms with van der Waals surface area (Å²) in [5, 5.41) is 6.26. The second-order valence-electron chi connectivity index (χ2n) is 12.1. The molecule has 0 aliphatic carbocycles. The Morgan fingerprint density at radius 1 is 1.04 bits per heavy atom. The van der Waals surface area contributed by atoms with Gasteiger partial charge in [-0.1, -0.05) is 68.5 Å². The summed E-state index contributed by atoms with van der Waals surface area (Å²) >= 11 is 2.32. The monoisotopic (exact) mass is 690 g/mol. The van der Waals surface area contributed by atoms with Crippen LogP contribution in [-0.2, 0) is 19.8 Å². The van der Waals surface area contributed by atoms with Crippen molar-refractivity contribution in [3.8, 4) is 10.4 Å². The number of hydrogen-bond acceptors (Lipinski definition) is 7. The zero-order valence-corrected chi connectivity index (χ0v) is 27.7. The number of piperidine rings is 1. The maximum Gasteiger partial charge on any atom is 0.399 e. The van der Waals surface area contributed by atoms with E-state index in [-0.39, 0.29) is 16.2 Å². The van der Waals surface area contributed by atoms with E-state index in [1.54, 1.807) is 27.0 Å². The van der Waals surface area contributed by atoms with Gasteiger partial charge in [-0.25, -0.2) is 4.98 Å². The molecule has 3 heterocycles. The third-order valence-electron chi connectivity index (χ3n) is 7.72. The van der Waals surface area contributed by atoms with Crippen molar-refractivity contribution >= 4 is 63.2 Å². The first-order chi connectivity index (χ1) is 21.6. The van der Waals surface area contributed by atoms with Crippen molar-refractivity contribution in [3.63, 3.8) is 0 Å². The van der Waals surface area contributed by atoms with Crippen LogP contribution in [0, 0.1) is 5.41 Å². The highest BCUT2D eigenvalue weighted by Gasteiger charge is 2.50. The predicted molar refractivity (Wildman–Crippen MR) is 174 cm³/mol. The summed E-state index contributed by atoms with van der Waals surface area (Å²) in [6.07, 6.45) is 3.56. The Kier molecular flexibility index (Phi) is 9.49. The summed E-state index contributed by atoms with van der Waals surface area (Å²) < 4.78 is 40.4. The van der Waals surface area contributed by atoms with Crippen LogP contribution in [0.25, 0.3) is 20.5 Å². The number of hydrogen-bond donors (Lipinski definition) is 4. The number of rotatable bonds is 8. The Morgan fingerprint density at radius 3 is 2.43 bits per heavy atom. The van der Waals surface area contributed by atoms with E-state index in [4.69, 9.17) is 9.79 Å². The molecule has 2 aromatic carbocycles. The van der Waals surface area contributed by atoms with Crippen molar-refractivity contribution in [2.24, 2.45) is 5.41 Å². The van der Waals surface area contributed by atoms with Gasteiger partial charge in [0.2, 0.25) is 11.8 Å². The van der Waals surface area contributed by atoms with Crippen molar-refractivity contribution in [2.45, 2.75) is 57.8 Å². The number of nitrogens with zero attached hydrogens (tertiary/aromatic N) is 2. The zero-order chi connectivity index (χ0) is 33.4. The SMILES string of the molecule is CC(C)(C)[C@H](NC(=O)c1cc2cc(C(F)(F)P(=O)(O)O)ccc2s1)C(=O)N1CCCC[C@H]1C(=O)Nc1ncc(-c2ccccc2)s1. The second-order valence-corrected chi connectivity index (χ2v) is 15.9. The summed E-state index contributed by atoms with van der Waals surface area (Å²) in [5.41, 5.74) is -5.06. The molecule has 1 aliphatic rings. The van der Waals surface area contributed by atoms with Gasteiger partial charge in [0.15, 0.2) is 5.13 Å². The summed E-state index contributed by atoms with van der Waals surface area (Å²) in [7, 11) is -5.77. The van der Waals surface area contributed by atoms with Crippen molar-refractivity contribution in [2.75, 3.05) is 11.9 Å². The molecule has 0 spiro atoms. The van der Waals surface area contributed by atoms with Gasteiger partial charge in [-0.3, -0.25) is 18.9 Å². The average molecular weight is 691 g/mol. The number of nitrogens with one attached hydrogen (secondary N) is 2. The topological polar surface area (TPSA) is 149 Å². The largest absolute Gasteiger partial charge is 0.399 e. The van der Waals surface area contributed by atoms with Gasteiger partial charge in [-0.2, -0.15) is 8.78 Å². The third-order valence-corrected chi connectivity index (χ3v) is 10.8. The number of anilines is 1. The molecule has 2 aromatic heterocycles. The number of fused-ring (bicyclic) bond motifs is 1. The van der Waals surface area contributed by atoms with Gasteiger partial charge in [0.05, 0.1) is 9.75 Å². The lowest BCUT2D eigenvalue weighted by Crippen LogP contribution is -2.59. The fourth-order valence-electron chi connectivity index (χ4n) is 5.25. The number of halogens is 2. The van der Waals surface area contributed by atoms with Crippen LogP contribution in [0.3, 0.4) is 0 Å². The fourth-order valence-corrected chi connectivity index (χ4v) is 7.50. The average Bonchev–Trinajstić information content (AvgIpc) is 3.66. The van der Waals surface area contributed by atoms with E-state index in [2.05, 4.69) is 15.6 Å². The third kappa shape index (κ3) is 7.06. The number of likely N-dealkylation sites (tertiary alicyclic amines) is 1. The Balaban J connectivity index is 1.33. The smallest absolute Gasteiger partial charge is 0.339 e. The highest BCUT2D eigenvalue weighted by Crippen LogP contribution is 2.59. The van der Waals surface area contributed by atoms with Crippen LogP contribution in [0.4, 0.5) is 13.9 Å². The first kappa shape index (κ1) is 33.8. The molecule has 15 heteroatoms. The fraction of sp³-hybridized carbons (Fsp3) is 0.355. The molecular formula is C31H33F2N4O6PS2. The Morgan fingerprint density at radius 2 is 1.76 bits per heavy atom. The molecule has 0 bridgehead atoms. The van der Waals surface area contributed by atoms with Crippen molar-refractivity contribution < 1.29 is 37.5 Å². The normalized spacial score (nSPS) is 16.7. The maximum absolute atomic E-state index is 14.3. The van der Waals surface area contributed by atoms with E-state index in [1.807, 2.05) is 30.3 Å². The molecule has 10 nitrogen and oxygen atoms in total. The minimum atomic E-state index is -5.77. The van der Waals surface area contributed by atoms with Gasteiger partial charge in [0.25, 0.3) is 5.91 Å². The Labute approximate surface area is 272 Å². The number of amides is 3. The van der Waals surface area contributed by atoms with Gasteiger partial charge < -0.3 is 25.3 Å². The number of benzene rings is 2. The van der Waals surface area contributed by atoms with Gasteiger partial charge >= 0.3 is 13.3 Å². The lowest BCUT2D eigenvalue weighted by Gasteiger charge is -2.40. The summed E-state index contributed by atoms with van der Waals surface area (Å²) in [4.78, 5) is 66.0. The van der Waals surface area contributed by atoms with Gasteiger partial charge in [-0.05, 0) is 53.8 Å². The zero-order valence-electron chi connectivity index (χ0n) is 25.2. The molecule has 2 atom stereocenters. The lowest BCUT2D eigenvalue weighted by molar-refractivity contribution is -0.144. The lowest BCUT2D eigenvalue weighted by atomic mass is 9.84. The minimum Gasteiger partial charge on any atom is -0.339 e. The molecule has 5 rings (SSSR count). The number of thiophene rings is 1. The van der Waals surface area contributed by atoms with Crippen LogP contribution in [-0.4, -0.2) is 56.0 Å². The van der Waals surface area contributed by atoms with Crippen molar-refractivity contribution in [1.29, 1.82) is 0 Å². The molecule has 244 valence electrons. The number of aromatic nitrogens is 1. The second kappa shape index (κ2) is 12.9. The van der Waals surface area contributed by atoms with E-state index in [0.29, 0.717) is 29.2 Å². The van der Waals surface area contributed by atoms with E-state index in [0.717, 1.165) is 40.3 Å². The van der Waals surface area contributed by atoms with E-state index >= 15 is 0 Å².